The summed E-state index contributed by atoms with van der Waals surface area (Å²) in [5.74, 6) is 0. The molecule has 0 saturated carbocycles. The lowest BCUT2D eigenvalue weighted by Gasteiger charge is -2.19. The molecule has 0 radical (unpaired) electrons. The van der Waals surface area contributed by atoms with Gasteiger partial charge in [0.25, 0.3) is 0 Å². The average Bonchev–Trinajstić information content (AvgIpc) is 3.55. The average molecular weight is 591 g/mol. The zero-order valence-electron chi connectivity index (χ0n) is 26.2. The second-order valence-electron chi connectivity index (χ2n) is 12.4. The lowest BCUT2D eigenvalue weighted by molar-refractivity contribution is 1.12. The van der Waals surface area contributed by atoms with Gasteiger partial charge in [-0.15, -0.1) is 0 Å². The monoisotopic (exact) mass is 590 g/mol. The fourth-order valence-corrected chi connectivity index (χ4v) is 7.09. The number of rotatable bonds is 3. The van der Waals surface area contributed by atoms with Crippen molar-refractivity contribution in [1.82, 2.24) is 9.13 Å². The van der Waals surface area contributed by atoms with Gasteiger partial charge in [0.15, 0.2) is 0 Å². The van der Waals surface area contributed by atoms with E-state index >= 15 is 0 Å². The molecule has 2 aromatic heterocycles. The van der Waals surface area contributed by atoms with Crippen LogP contribution in [-0.4, -0.2) is 9.13 Å². The Balaban J connectivity index is 1.59. The quantitative estimate of drug-likeness (QED) is 0.206. The van der Waals surface area contributed by atoms with E-state index in [0.717, 1.165) is 66.1 Å². The van der Waals surface area contributed by atoms with Gasteiger partial charge in [-0.3, -0.25) is 0 Å². The first-order valence-electron chi connectivity index (χ1n) is 15.5. The maximum Gasteiger partial charge on any atom is 0.104 e. The molecule has 0 unspecified atom stereocenters. The molecule has 0 fully saturated rings. The third-order valence-corrected chi connectivity index (χ3v) is 9.20. The Kier molecular flexibility index (Phi) is 6.11. The fourth-order valence-electron chi connectivity index (χ4n) is 7.09. The molecule has 2 heterocycles. The zero-order chi connectivity index (χ0) is 31.7. The van der Waals surface area contributed by atoms with Crippen molar-refractivity contribution in [2.24, 2.45) is 0 Å². The molecule has 4 nitrogen and oxygen atoms in total. The Morgan fingerprint density at radius 2 is 0.848 bits per heavy atom. The molecule has 0 aliphatic heterocycles. The summed E-state index contributed by atoms with van der Waals surface area (Å²) in [6.45, 7) is 8.45. The first-order chi connectivity index (χ1) is 22.4. The second-order valence-corrected chi connectivity index (χ2v) is 12.4. The third kappa shape index (κ3) is 4.05. The highest BCUT2D eigenvalue weighted by molar-refractivity contribution is 6.11. The molecule has 0 amide bonds. The predicted molar refractivity (Wildman–Crippen MR) is 189 cm³/mol. The summed E-state index contributed by atoms with van der Waals surface area (Å²) in [4.78, 5) is 0. The SMILES string of the molecule is Cc1ccc2c(c1)c1cc(C)ccc1n2-c1cc(-c2ccccc2C#N)cc(-n2c3ccc(C)cc3c3cc(C)ccc32)c1C#N. The van der Waals surface area contributed by atoms with Crippen molar-refractivity contribution < 1.29 is 0 Å². The van der Waals surface area contributed by atoms with Crippen LogP contribution in [0.5, 0.6) is 0 Å². The van der Waals surface area contributed by atoms with Gasteiger partial charge in [0.1, 0.15) is 11.6 Å². The Morgan fingerprint density at radius 3 is 1.22 bits per heavy atom. The van der Waals surface area contributed by atoms with Crippen molar-refractivity contribution >= 4 is 43.6 Å². The Labute approximate surface area is 267 Å². The van der Waals surface area contributed by atoms with Crippen LogP contribution in [0, 0.1) is 50.4 Å². The Bertz CT molecular complexity index is 2390. The van der Waals surface area contributed by atoms with Crippen LogP contribution in [0.2, 0.25) is 0 Å². The largest absolute Gasteiger partial charge is 0.308 e. The molecule has 0 aliphatic rings. The minimum absolute atomic E-state index is 0.568. The molecule has 0 spiro atoms. The Hall–Kier alpha value is -6.10. The predicted octanol–water partition coefficient (Wildman–Crippen LogP) is 10.5. The van der Waals surface area contributed by atoms with Crippen molar-refractivity contribution in [3.63, 3.8) is 0 Å². The van der Waals surface area contributed by atoms with Crippen molar-refractivity contribution in [3.05, 3.63) is 143 Å². The second kappa shape index (κ2) is 10.2. The van der Waals surface area contributed by atoms with Gasteiger partial charge in [-0.05, 0) is 106 Å². The van der Waals surface area contributed by atoms with Crippen LogP contribution in [0.25, 0.3) is 66.1 Å². The number of aromatic nitrogens is 2. The summed E-state index contributed by atoms with van der Waals surface area (Å²) in [5, 5.41) is 25.8. The van der Waals surface area contributed by atoms with Crippen molar-refractivity contribution in [2.75, 3.05) is 0 Å². The molecule has 0 atom stereocenters. The molecule has 0 bridgehead atoms. The first kappa shape index (κ1) is 27.4. The molecule has 0 N–H and O–H groups in total. The fraction of sp³-hybridized carbons (Fsp3) is 0.0952. The molecule has 46 heavy (non-hydrogen) atoms. The maximum atomic E-state index is 11.1. The molecule has 8 rings (SSSR count). The molecule has 8 aromatic rings. The van der Waals surface area contributed by atoms with Gasteiger partial charge in [-0.25, -0.2) is 0 Å². The van der Waals surface area contributed by atoms with Crippen LogP contribution in [0.15, 0.2) is 109 Å². The van der Waals surface area contributed by atoms with Crippen LogP contribution < -0.4 is 0 Å². The van der Waals surface area contributed by atoms with E-state index in [0.29, 0.717) is 11.1 Å². The van der Waals surface area contributed by atoms with Crippen LogP contribution in [-0.2, 0) is 0 Å². The molecule has 218 valence electrons. The minimum Gasteiger partial charge on any atom is -0.308 e. The summed E-state index contributed by atoms with van der Waals surface area (Å²) in [6, 6.07) is 43.0. The lowest BCUT2D eigenvalue weighted by atomic mass is 9.96. The normalized spacial score (nSPS) is 11.4. The molecule has 4 heteroatoms. The number of hydrogen-bond acceptors (Lipinski definition) is 2. The van der Waals surface area contributed by atoms with E-state index in [1.807, 2.05) is 24.3 Å². The van der Waals surface area contributed by atoms with Crippen molar-refractivity contribution in [2.45, 2.75) is 27.7 Å². The highest BCUT2D eigenvalue weighted by atomic mass is 15.0. The van der Waals surface area contributed by atoms with Crippen molar-refractivity contribution in [1.29, 1.82) is 10.5 Å². The number of fused-ring (bicyclic) bond motifs is 6. The van der Waals surface area contributed by atoms with Crippen molar-refractivity contribution in [3.8, 4) is 34.6 Å². The van der Waals surface area contributed by atoms with Gasteiger partial charge in [0.2, 0.25) is 0 Å². The van der Waals surface area contributed by atoms with E-state index in [9.17, 15) is 10.5 Å². The van der Waals surface area contributed by atoms with Crippen LogP contribution in [0.1, 0.15) is 33.4 Å². The highest BCUT2D eigenvalue weighted by Crippen LogP contribution is 2.41. The Morgan fingerprint density at radius 1 is 0.457 bits per heavy atom. The number of nitrogens with zero attached hydrogens (tertiary/aromatic N) is 4. The lowest BCUT2D eigenvalue weighted by Crippen LogP contribution is -2.05. The van der Waals surface area contributed by atoms with Gasteiger partial charge in [0, 0.05) is 21.5 Å². The van der Waals surface area contributed by atoms with E-state index in [4.69, 9.17) is 0 Å². The first-order valence-corrected chi connectivity index (χ1v) is 15.5. The van der Waals surface area contributed by atoms with Gasteiger partial charge in [-0.2, -0.15) is 10.5 Å². The maximum absolute atomic E-state index is 11.1. The number of benzene rings is 6. The summed E-state index contributed by atoms with van der Waals surface area (Å²) in [6.07, 6.45) is 0. The van der Waals surface area contributed by atoms with E-state index in [-0.39, 0.29) is 0 Å². The van der Waals surface area contributed by atoms with E-state index in [1.54, 1.807) is 0 Å². The van der Waals surface area contributed by atoms with E-state index < -0.39 is 0 Å². The molecule has 0 saturated heterocycles. The summed E-state index contributed by atoms with van der Waals surface area (Å²) in [7, 11) is 0. The molecule has 6 aromatic carbocycles. The van der Waals surface area contributed by atoms with Crippen LogP contribution in [0.3, 0.4) is 0 Å². The molecular formula is C42H30N4. The minimum atomic E-state index is 0.568. The summed E-state index contributed by atoms with van der Waals surface area (Å²) >= 11 is 0. The summed E-state index contributed by atoms with van der Waals surface area (Å²) < 4.78 is 4.46. The smallest absolute Gasteiger partial charge is 0.104 e. The number of nitriles is 2. The number of hydrogen-bond donors (Lipinski definition) is 0. The molecular weight excluding hydrogens is 560 g/mol. The van der Waals surface area contributed by atoms with Gasteiger partial charge < -0.3 is 9.13 Å². The zero-order valence-corrected chi connectivity index (χ0v) is 26.2. The van der Waals surface area contributed by atoms with E-state index in [2.05, 4.69) is 134 Å². The van der Waals surface area contributed by atoms with Gasteiger partial charge in [0.05, 0.1) is 45.1 Å². The highest BCUT2D eigenvalue weighted by Gasteiger charge is 2.23. The number of aryl methyl sites for hydroxylation is 4. The van der Waals surface area contributed by atoms with E-state index in [1.165, 1.54) is 22.3 Å². The van der Waals surface area contributed by atoms with Gasteiger partial charge in [-0.1, -0.05) is 64.7 Å². The molecule has 0 aliphatic carbocycles. The van der Waals surface area contributed by atoms with Gasteiger partial charge >= 0.3 is 0 Å². The summed E-state index contributed by atoms with van der Waals surface area (Å²) in [5.41, 5.74) is 13.3. The van der Waals surface area contributed by atoms with Crippen LogP contribution in [0.4, 0.5) is 0 Å². The standard InChI is InChI=1S/C42H30N4/c1-25-9-13-37-32(17-25)33-18-26(2)10-14-38(33)45(37)41-21-30(31-8-6-5-7-29(31)23-43)22-42(36(41)24-44)46-39-15-11-27(3)19-34(39)35-20-28(4)12-16-40(35)46/h5-22H,1-4H3. The topological polar surface area (TPSA) is 57.4 Å². The van der Waals surface area contributed by atoms with Crippen LogP contribution >= 0.6 is 0 Å². The third-order valence-electron chi connectivity index (χ3n) is 9.20.